The van der Waals surface area contributed by atoms with Gasteiger partial charge in [0, 0.05) is 29.3 Å². The Morgan fingerprint density at radius 3 is 2.90 bits per heavy atom. The van der Waals surface area contributed by atoms with Gasteiger partial charge in [-0.2, -0.15) is 0 Å². The molecule has 1 aliphatic heterocycles. The second kappa shape index (κ2) is 8.04. The number of hydrogen-bond donors (Lipinski definition) is 1. The quantitative estimate of drug-likeness (QED) is 0.755. The predicted molar refractivity (Wildman–Crippen MR) is 91.4 cm³/mol. The number of anilines is 1. The number of benzene rings is 1. The van der Waals surface area contributed by atoms with Gasteiger partial charge < -0.3 is 10.2 Å². The Bertz CT molecular complexity index is 419. The molecule has 0 saturated carbocycles. The number of hydrogen-bond acceptors (Lipinski definition) is 2. The largest absolute Gasteiger partial charge is 0.368 e. The Kier molecular flexibility index (Phi) is 6.37. The van der Waals surface area contributed by atoms with E-state index < -0.39 is 0 Å². The molecule has 1 N–H and O–H groups in total. The van der Waals surface area contributed by atoms with Gasteiger partial charge >= 0.3 is 0 Å². The zero-order chi connectivity index (χ0) is 14.4. The van der Waals surface area contributed by atoms with E-state index in [1.165, 1.54) is 54.4 Å². The van der Waals surface area contributed by atoms with Crippen molar-refractivity contribution in [1.29, 1.82) is 0 Å². The maximum atomic E-state index is 3.64. The average molecular weight is 339 g/mol. The Balaban J connectivity index is 2.20. The summed E-state index contributed by atoms with van der Waals surface area (Å²) in [5, 5.41) is 3.54. The molecule has 0 radical (unpaired) electrons. The molecule has 1 aromatic carbocycles. The lowest BCUT2D eigenvalue weighted by Crippen LogP contribution is -2.40. The molecule has 0 spiro atoms. The van der Waals surface area contributed by atoms with Crippen molar-refractivity contribution in [1.82, 2.24) is 5.32 Å². The molecule has 112 valence electrons. The second-order valence-corrected chi connectivity index (χ2v) is 6.62. The van der Waals surface area contributed by atoms with Crippen LogP contribution in [0.2, 0.25) is 0 Å². The lowest BCUT2D eigenvalue weighted by Gasteiger charge is -2.38. The van der Waals surface area contributed by atoms with Crippen LogP contribution in [0.4, 0.5) is 5.69 Å². The fraction of sp³-hybridized carbons (Fsp3) is 0.647. The van der Waals surface area contributed by atoms with Crippen LogP contribution < -0.4 is 10.2 Å². The van der Waals surface area contributed by atoms with Crippen molar-refractivity contribution in [3.05, 3.63) is 28.2 Å². The number of rotatable bonds is 6. The monoisotopic (exact) mass is 338 g/mol. The Labute approximate surface area is 132 Å². The van der Waals surface area contributed by atoms with Crippen LogP contribution in [0.15, 0.2) is 22.7 Å². The van der Waals surface area contributed by atoms with Crippen LogP contribution in [-0.4, -0.2) is 19.1 Å². The highest BCUT2D eigenvalue weighted by atomic mass is 79.9. The third-order valence-corrected chi connectivity index (χ3v) is 4.69. The number of piperidine rings is 1. The van der Waals surface area contributed by atoms with Crippen molar-refractivity contribution in [2.45, 2.75) is 58.5 Å². The highest BCUT2D eigenvalue weighted by Gasteiger charge is 2.23. The minimum absolute atomic E-state index is 0.711. The zero-order valence-corrected chi connectivity index (χ0v) is 14.4. The number of nitrogens with one attached hydrogen (secondary N) is 1. The van der Waals surface area contributed by atoms with E-state index in [1.54, 1.807) is 0 Å². The summed E-state index contributed by atoms with van der Waals surface area (Å²) >= 11 is 3.64. The summed E-state index contributed by atoms with van der Waals surface area (Å²) in [6.07, 6.45) is 6.48. The van der Waals surface area contributed by atoms with Crippen molar-refractivity contribution in [2.75, 3.05) is 18.0 Å². The summed E-state index contributed by atoms with van der Waals surface area (Å²) in [7, 11) is 0. The lowest BCUT2D eigenvalue weighted by atomic mass is 9.98. The normalized spacial score (nSPS) is 19.4. The summed E-state index contributed by atoms with van der Waals surface area (Å²) in [6, 6.07) is 7.44. The first-order chi connectivity index (χ1) is 9.76. The van der Waals surface area contributed by atoms with Gasteiger partial charge in [-0.3, -0.25) is 0 Å². The van der Waals surface area contributed by atoms with Crippen LogP contribution in [0.5, 0.6) is 0 Å². The van der Waals surface area contributed by atoms with Gasteiger partial charge in [-0.15, -0.1) is 0 Å². The van der Waals surface area contributed by atoms with Gasteiger partial charge in [0.1, 0.15) is 0 Å². The molecule has 0 aromatic heterocycles. The van der Waals surface area contributed by atoms with Gasteiger partial charge in [-0.05, 0) is 56.3 Å². The first-order valence-electron chi connectivity index (χ1n) is 8.02. The van der Waals surface area contributed by atoms with E-state index >= 15 is 0 Å². The summed E-state index contributed by atoms with van der Waals surface area (Å²) < 4.78 is 1.19. The molecule has 2 nitrogen and oxygen atoms in total. The van der Waals surface area contributed by atoms with Gasteiger partial charge in [-0.1, -0.05) is 35.8 Å². The minimum Gasteiger partial charge on any atom is -0.368 e. The van der Waals surface area contributed by atoms with Gasteiger partial charge in [0.25, 0.3) is 0 Å². The maximum absolute atomic E-state index is 3.64. The van der Waals surface area contributed by atoms with Gasteiger partial charge in [-0.25, -0.2) is 0 Å². The van der Waals surface area contributed by atoms with Crippen LogP contribution in [0.25, 0.3) is 0 Å². The van der Waals surface area contributed by atoms with E-state index in [9.17, 15) is 0 Å². The first kappa shape index (κ1) is 15.8. The van der Waals surface area contributed by atoms with Crippen LogP contribution in [-0.2, 0) is 6.54 Å². The molecule has 0 amide bonds. The van der Waals surface area contributed by atoms with Gasteiger partial charge in [0.05, 0.1) is 0 Å². The predicted octanol–water partition coefficient (Wildman–Crippen LogP) is 4.72. The topological polar surface area (TPSA) is 15.3 Å². The SMILES string of the molecule is CCCNCc1ccc(Br)cc1N1CCCCC1CC. The molecule has 0 aliphatic carbocycles. The summed E-state index contributed by atoms with van der Waals surface area (Å²) in [6.45, 7) is 7.80. The fourth-order valence-corrected chi connectivity index (χ4v) is 3.44. The molecule has 0 bridgehead atoms. The minimum atomic E-state index is 0.711. The van der Waals surface area contributed by atoms with Gasteiger partial charge in [0.15, 0.2) is 0 Å². The summed E-state index contributed by atoms with van der Waals surface area (Å²) in [5.74, 6) is 0. The standard InChI is InChI=1S/C17H27BrN2/c1-3-10-19-13-14-8-9-15(18)12-17(14)20-11-6-5-7-16(20)4-2/h8-9,12,16,19H,3-7,10-11,13H2,1-2H3. The van der Waals surface area contributed by atoms with Crippen LogP contribution >= 0.6 is 15.9 Å². The Morgan fingerprint density at radius 2 is 2.15 bits per heavy atom. The molecule has 1 heterocycles. The fourth-order valence-electron chi connectivity index (χ4n) is 3.10. The molecular formula is C17H27BrN2. The highest BCUT2D eigenvalue weighted by molar-refractivity contribution is 9.10. The van der Waals surface area contributed by atoms with E-state index in [1.807, 2.05) is 0 Å². The van der Waals surface area contributed by atoms with Crippen molar-refractivity contribution in [2.24, 2.45) is 0 Å². The number of halogens is 1. The van der Waals surface area contributed by atoms with Crippen molar-refractivity contribution in [3.8, 4) is 0 Å². The molecule has 3 heteroatoms. The molecule has 1 atom stereocenters. The summed E-state index contributed by atoms with van der Waals surface area (Å²) in [5.41, 5.74) is 2.86. The van der Waals surface area contributed by atoms with Crippen LogP contribution in [0.3, 0.4) is 0 Å². The van der Waals surface area contributed by atoms with E-state index in [2.05, 4.69) is 58.2 Å². The van der Waals surface area contributed by atoms with Gasteiger partial charge in [0.2, 0.25) is 0 Å². The Morgan fingerprint density at radius 1 is 1.30 bits per heavy atom. The smallest absolute Gasteiger partial charge is 0.0425 e. The first-order valence-corrected chi connectivity index (χ1v) is 8.81. The molecule has 1 saturated heterocycles. The van der Waals surface area contributed by atoms with E-state index in [0.717, 1.165) is 13.1 Å². The lowest BCUT2D eigenvalue weighted by molar-refractivity contribution is 0.448. The maximum Gasteiger partial charge on any atom is 0.0425 e. The molecule has 2 rings (SSSR count). The number of nitrogens with zero attached hydrogens (tertiary/aromatic N) is 1. The highest BCUT2D eigenvalue weighted by Crippen LogP contribution is 2.31. The van der Waals surface area contributed by atoms with Crippen molar-refractivity contribution < 1.29 is 0 Å². The molecule has 1 aliphatic rings. The van der Waals surface area contributed by atoms with E-state index in [0.29, 0.717) is 6.04 Å². The van der Waals surface area contributed by atoms with Crippen molar-refractivity contribution in [3.63, 3.8) is 0 Å². The van der Waals surface area contributed by atoms with E-state index in [-0.39, 0.29) is 0 Å². The second-order valence-electron chi connectivity index (χ2n) is 5.70. The summed E-state index contributed by atoms with van der Waals surface area (Å²) in [4.78, 5) is 2.64. The molecule has 1 fully saturated rings. The van der Waals surface area contributed by atoms with E-state index in [4.69, 9.17) is 0 Å². The molecule has 20 heavy (non-hydrogen) atoms. The van der Waals surface area contributed by atoms with Crippen molar-refractivity contribution >= 4 is 21.6 Å². The third-order valence-electron chi connectivity index (χ3n) is 4.20. The van der Waals surface area contributed by atoms with Crippen LogP contribution in [0.1, 0.15) is 51.5 Å². The van der Waals surface area contributed by atoms with Crippen LogP contribution in [0, 0.1) is 0 Å². The molecule has 1 aromatic rings. The Hall–Kier alpha value is -0.540. The zero-order valence-electron chi connectivity index (χ0n) is 12.8. The third kappa shape index (κ3) is 3.98. The molecule has 1 unspecified atom stereocenters. The average Bonchev–Trinajstić information content (AvgIpc) is 2.49. The molecular weight excluding hydrogens is 312 g/mol.